The van der Waals surface area contributed by atoms with Crippen molar-refractivity contribution in [3.63, 3.8) is 0 Å². The molecular weight excluding hydrogens is 332 g/mol. The molecule has 0 atom stereocenters. The first-order valence-electron chi connectivity index (χ1n) is 8.31. The Morgan fingerprint density at radius 3 is 2.81 bits per heavy atom. The molecule has 1 aromatic carbocycles. The summed E-state index contributed by atoms with van der Waals surface area (Å²) in [6, 6.07) is 7.24. The minimum atomic E-state index is -0.150. The van der Waals surface area contributed by atoms with Gasteiger partial charge in [-0.25, -0.2) is 9.97 Å². The van der Waals surface area contributed by atoms with E-state index < -0.39 is 0 Å². The minimum Gasteiger partial charge on any atom is -0.383 e. The number of nitrogens with one attached hydrogen (secondary N) is 2. The number of aryl methyl sites for hydroxylation is 3. The Hall–Kier alpha value is -3.00. The van der Waals surface area contributed by atoms with E-state index in [1.165, 1.54) is 0 Å². The van der Waals surface area contributed by atoms with Crippen LogP contribution >= 0.6 is 0 Å². The second-order valence-corrected chi connectivity index (χ2v) is 5.98. The van der Waals surface area contributed by atoms with Gasteiger partial charge < -0.3 is 15.4 Å². The first kappa shape index (κ1) is 17.8. The van der Waals surface area contributed by atoms with Crippen LogP contribution in [0.15, 0.2) is 24.3 Å². The summed E-state index contributed by atoms with van der Waals surface area (Å²) in [7, 11) is 3.47. The van der Waals surface area contributed by atoms with Gasteiger partial charge in [0.1, 0.15) is 11.3 Å². The third-order valence-electron chi connectivity index (χ3n) is 4.05. The number of hydrogen-bond donors (Lipinski definition) is 2. The number of anilines is 2. The smallest absolute Gasteiger partial charge is 0.251 e. The van der Waals surface area contributed by atoms with E-state index in [2.05, 4.69) is 25.7 Å². The van der Waals surface area contributed by atoms with Crippen molar-refractivity contribution < 1.29 is 9.53 Å². The zero-order valence-corrected chi connectivity index (χ0v) is 15.3. The molecule has 3 rings (SSSR count). The molecule has 8 nitrogen and oxygen atoms in total. The van der Waals surface area contributed by atoms with Crippen molar-refractivity contribution >= 4 is 28.4 Å². The summed E-state index contributed by atoms with van der Waals surface area (Å²) in [6.07, 6.45) is 0. The maximum absolute atomic E-state index is 12.2. The van der Waals surface area contributed by atoms with Crippen LogP contribution < -0.4 is 10.6 Å². The third-order valence-corrected chi connectivity index (χ3v) is 4.05. The minimum absolute atomic E-state index is 0.150. The molecule has 0 unspecified atom stereocenters. The van der Waals surface area contributed by atoms with Gasteiger partial charge in [-0.3, -0.25) is 9.48 Å². The number of ether oxygens (including phenoxy) is 1. The largest absolute Gasteiger partial charge is 0.383 e. The Labute approximate surface area is 151 Å². The van der Waals surface area contributed by atoms with Crippen molar-refractivity contribution in [1.82, 2.24) is 25.1 Å². The summed E-state index contributed by atoms with van der Waals surface area (Å²) < 4.78 is 6.73. The summed E-state index contributed by atoms with van der Waals surface area (Å²) >= 11 is 0. The molecule has 136 valence electrons. The number of hydrogen-bond acceptors (Lipinski definition) is 6. The fourth-order valence-corrected chi connectivity index (χ4v) is 2.62. The highest BCUT2D eigenvalue weighted by atomic mass is 16.5. The fraction of sp³-hybridized carbons (Fsp3) is 0.333. The number of fused-ring (bicyclic) bond motifs is 1. The van der Waals surface area contributed by atoms with Gasteiger partial charge in [0, 0.05) is 32.0 Å². The lowest BCUT2D eigenvalue weighted by molar-refractivity contribution is 0.0937. The quantitative estimate of drug-likeness (QED) is 0.659. The molecule has 0 spiro atoms. The number of carbonyl (C=O) groups excluding carboxylic acids is 1. The van der Waals surface area contributed by atoms with Crippen LogP contribution in [0.1, 0.15) is 21.9 Å². The van der Waals surface area contributed by atoms with Crippen molar-refractivity contribution in [2.24, 2.45) is 7.05 Å². The predicted molar refractivity (Wildman–Crippen MR) is 99.7 cm³/mol. The Bertz CT molecular complexity index is 950. The number of amides is 1. The van der Waals surface area contributed by atoms with Gasteiger partial charge >= 0.3 is 0 Å². The Morgan fingerprint density at radius 2 is 2.04 bits per heavy atom. The molecule has 0 saturated heterocycles. The van der Waals surface area contributed by atoms with Crippen LogP contribution in [0.25, 0.3) is 11.0 Å². The molecular formula is C18H22N6O2. The van der Waals surface area contributed by atoms with Crippen molar-refractivity contribution in [3.05, 3.63) is 41.3 Å². The van der Waals surface area contributed by atoms with E-state index >= 15 is 0 Å². The molecule has 2 heterocycles. The zero-order valence-electron chi connectivity index (χ0n) is 15.3. The van der Waals surface area contributed by atoms with E-state index in [9.17, 15) is 4.79 Å². The molecule has 2 aromatic heterocycles. The number of rotatable bonds is 6. The summed E-state index contributed by atoms with van der Waals surface area (Å²) in [5.41, 5.74) is 3.80. The molecule has 0 aliphatic carbocycles. The van der Waals surface area contributed by atoms with E-state index in [-0.39, 0.29) is 5.91 Å². The second-order valence-electron chi connectivity index (χ2n) is 5.98. The van der Waals surface area contributed by atoms with Gasteiger partial charge in [0.25, 0.3) is 5.91 Å². The van der Waals surface area contributed by atoms with E-state index in [1.807, 2.05) is 33.0 Å². The number of aromatic nitrogens is 4. The highest BCUT2D eigenvalue weighted by molar-refractivity contribution is 5.95. The molecule has 26 heavy (non-hydrogen) atoms. The van der Waals surface area contributed by atoms with Gasteiger partial charge in [0.2, 0.25) is 0 Å². The van der Waals surface area contributed by atoms with Gasteiger partial charge in [-0.05, 0) is 32.0 Å². The van der Waals surface area contributed by atoms with Crippen LogP contribution in [0.3, 0.4) is 0 Å². The van der Waals surface area contributed by atoms with Crippen molar-refractivity contribution in [2.45, 2.75) is 13.8 Å². The molecule has 0 aliphatic rings. The summed E-state index contributed by atoms with van der Waals surface area (Å²) in [4.78, 5) is 21.1. The van der Waals surface area contributed by atoms with Crippen molar-refractivity contribution in [3.8, 4) is 0 Å². The Balaban J connectivity index is 1.88. The SMILES string of the molecule is COCCNC(=O)c1cccc(Nc2nc(C)nc3c(C)n(C)nc23)c1. The molecule has 0 saturated carbocycles. The van der Waals surface area contributed by atoms with Crippen LogP contribution in [0.4, 0.5) is 11.5 Å². The lowest BCUT2D eigenvalue weighted by Gasteiger charge is -2.09. The average Bonchev–Trinajstić information content (AvgIpc) is 2.90. The molecule has 0 aliphatic heterocycles. The van der Waals surface area contributed by atoms with Gasteiger partial charge in [0.15, 0.2) is 11.3 Å². The zero-order chi connectivity index (χ0) is 18.7. The Kier molecular flexibility index (Phi) is 5.13. The molecule has 0 bridgehead atoms. The average molecular weight is 354 g/mol. The number of methoxy groups -OCH3 is 1. The monoisotopic (exact) mass is 354 g/mol. The van der Waals surface area contributed by atoms with E-state index in [0.29, 0.717) is 35.9 Å². The Morgan fingerprint density at radius 1 is 1.23 bits per heavy atom. The standard InChI is InChI=1S/C18H22N6O2/c1-11-15-16(23-24(11)3)17(21-12(2)20-15)22-14-7-5-6-13(10-14)18(25)19-8-9-26-4/h5-7,10H,8-9H2,1-4H3,(H,19,25)(H,20,21,22). The van der Waals surface area contributed by atoms with Crippen LogP contribution in [-0.4, -0.2) is 45.9 Å². The first-order valence-corrected chi connectivity index (χ1v) is 8.31. The van der Waals surface area contributed by atoms with Crippen LogP contribution in [0.5, 0.6) is 0 Å². The van der Waals surface area contributed by atoms with Gasteiger partial charge in [-0.1, -0.05) is 6.07 Å². The molecule has 3 aromatic rings. The van der Waals surface area contributed by atoms with Crippen LogP contribution in [0.2, 0.25) is 0 Å². The van der Waals surface area contributed by atoms with Gasteiger partial charge in [0.05, 0.1) is 12.3 Å². The van der Waals surface area contributed by atoms with Crippen LogP contribution in [0, 0.1) is 13.8 Å². The first-order chi connectivity index (χ1) is 12.5. The normalized spacial score (nSPS) is 10.9. The van der Waals surface area contributed by atoms with E-state index in [1.54, 1.807) is 23.9 Å². The summed E-state index contributed by atoms with van der Waals surface area (Å²) in [6.45, 7) is 4.75. The predicted octanol–water partition coefficient (Wildman–Crippen LogP) is 2.10. The maximum Gasteiger partial charge on any atom is 0.251 e. The van der Waals surface area contributed by atoms with Crippen LogP contribution in [-0.2, 0) is 11.8 Å². The lowest BCUT2D eigenvalue weighted by Crippen LogP contribution is -2.26. The van der Waals surface area contributed by atoms with E-state index in [4.69, 9.17) is 4.74 Å². The van der Waals surface area contributed by atoms with Crippen molar-refractivity contribution in [1.29, 1.82) is 0 Å². The lowest BCUT2D eigenvalue weighted by atomic mass is 10.2. The van der Waals surface area contributed by atoms with E-state index in [0.717, 1.165) is 16.9 Å². The molecule has 1 amide bonds. The number of benzene rings is 1. The fourth-order valence-electron chi connectivity index (χ4n) is 2.62. The number of nitrogens with zero attached hydrogens (tertiary/aromatic N) is 4. The number of carbonyl (C=O) groups is 1. The highest BCUT2D eigenvalue weighted by Gasteiger charge is 2.14. The topological polar surface area (TPSA) is 94.0 Å². The van der Waals surface area contributed by atoms with Gasteiger partial charge in [-0.15, -0.1) is 0 Å². The molecule has 0 radical (unpaired) electrons. The molecule has 2 N–H and O–H groups in total. The maximum atomic E-state index is 12.2. The summed E-state index contributed by atoms with van der Waals surface area (Å²) in [5, 5.41) is 10.6. The summed E-state index contributed by atoms with van der Waals surface area (Å²) in [5.74, 6) is 1.13. The third kappa shape index (κ3) is 3.65. The molecule has 8 heteroatoms. The highest BCUT2D eigenvalue weighted by Crippen LogP contribution is 2.25. The van der Waals surface area contributed by atoms with Crippen molar-refractivity contribution in [2.75, 3.05) is 25.6 Å². The second kappa shape index (κ2) is 7.49. The molecule has 0 fully saturated rings. The van der Waals surface area contributed by atoms with Gasteiger partial charge in [-0.2, -0.15) is 5.10 Å².